The molecule has 0 aliphatic heterocycles. The summed E-state index contributed by atoms with van der Waals surface area (Å²) in [5.74, 6) is 0. The van der Waals surface area contributed by atoms with E-state index in [9.17, 15) is 8.60 Å². The van der Waals surface area contributed by atoms with Crippen LogP contribution in [-0.4, -0.2) is 13.8 Å². The Morgan fingerprint density at radius 3 is 1.86 bits per heavy atom. The van der Waals surface area contributed by atoms with Gasteiger partial charge in [-0.25, -0.2) is 8.60 Å². The van der Waals surface area contributed by atoms with Crippen molar-refractivity contribution in [2.45, 2.75) is 18.8 Å². The van der Waals surface area contributed by atoms with Crippen molar-refractivity contribution >= 4 is 11.1 Å². The zero-order chi connectivity index (χ0) is 6.08. The molecule has 0 spiro atoms. The molecule has 44 valence electrons. The van der Waals surface area contributed by atoms with Gasteiger partial charge in [-0.05, 0) is 13.8 Å². The van der Waals surface area contributed by atoms with Crippen LogP contribution >= 0.6 is 0 Å². The van der Waals surface area contributed by atoms with Crippen molar-refractivity contribution in [2.75, 3.05) is 0 Å². The highest BCUT2D eigenvalue weighted by molar-refractivity contribution is 7.80. The van der Waals surface area contributed by atoms with Gasteiger partial charge < -0.3 is 4.55 Å². The average molecular weight is 126 g/mol. The lowest BCUT2D eigenvalue weighted by Gasteiger charge is -2.05. The summed E-state index contributed by atoms with van der Waals surface area (Å²) in [5.41, 5.74) is 0. The second kappa shape index (κ2) is 1.88. The lowest BCUT2D eigenvalue weighted by atomic mass is 10.5. The van der Waals surface area contributed by atoms with Gasteiger partial charge in [0.15, 0.2) is 11.1 Å². The zero-order valence-electron chi connectivity index (χ0n) is 4.14. The topological polar surface area (TPSA) is 37.3 Å². The monoisotopic (exact) mass is 126 g/mol. The number of hydrogen-bond acceptors (Lipinski definition) is 1. The third kappa shape index (κ3) is 2.70. The molecule has 7 heavy (non-hydrogen) atoms. The van der Waals surface area contributed by atoms with Crippen molar-refractivity contribution < 1.29 is 13.2 Å². The quantitative estimate of drug-likeness (QED) is 0.530. The summed E-state index contributed by atoms with van der Waals surface area (Å²) in [7, 11) is 0. The van der Waals surface area contributed by atoms with E-state index in [4.69, 9.17) is 4.55 Å². The molecule has 1 unspecified atom stereocenters. The summed E-state index contributed by atoms with van der Waals surface area (Å²) in [6.07, 6.45) is 0. The molecule has 0 heterocycles. The lowest BCUT2D eigenvalue weighted by Crippen LogP contribution is -2.18. The highest BCUT2D eigenvalue weighted by atomic mass is 32.2. The molecule has 1 atom stereocenters. The van der Waals surface area contributed by atoms with Crippen LogP contribution in [0.5, 0.6) is 0 Å². The fraction of sp³-hybridized carbons (Fsp3) is 1.00. The number of halogens is 1. The van der Waals surface area contributed by atoms with Crippen molar-refractivity contribution in [3.05, 3.63) is 0 Å². The Morgan fingerprint density at radius 2 is 1.86 bits per heavy atom. The minimum atomic E-state index is -2.35. The second-order valence-electron chi connectivity index (χ2n) is 1.61. The Bertz CT molecular complexity index is 85.4. The van der Waals surface area contributed by atoms with Gasteiger partial charge in [0.2, 0.25) is 5.00 Å². The van der Waals surface area contributed by atoms with E-state index in [0.717, 1.165) is 13.8 Å². The summed E-state index contributed by atoms with van der Waals surface area (Å²) in [6.45, 7) is 2.09. The van der Waals surface area contributed by atoms with Crippen LogP contribution in [0.4, 0.5) is 4.39 Å². The van der Waals surface area contributed by atoms with Crippen LogP contribution in [-0.2, 0) is 11.1 Å². The van der Waals surface area contributed by atoms with Gasteiger partial charge in [-0.15, -0.1) is 0 Å². The van der Waals surface area contributed by atoms with E-state index in [1.807, 2.05) is 0 Å². The van der Waals surface area contributed by atoms with Crippen LogP contribution in [0.1, 0.15) is 13.8 Å². The number of rotatable bonds is 1. The summed E-state index contributed by atoms with van der Waals surface area (Å²) in [5, 5.41) is -1.97. The molecular weight excluding hydrogens is 119 g/mol. The minimum Gasteiger partial charge on any atom is -0.304 e. The maximum atomic E-state index is 12.0. The fourth-order valence-corrected chi connectivity index (χ4v) is 0. The first kappa shape index (κ1) is 7.04. The van der Waals surface area contributed by atoms with Crippen molar-refractivity contribution in [1.82, 2.24) is 0 Å². The van der Waals surface area contributed by atoms with Crippen molar-refractivity contribution in [3.8, 4) is 0 Å². The highest BCUT2D eigenvalue weighted by Gasteiger charge is 2.22. The van der Waals surface area contributed by atoms with E-state index < -0.39 is 16.1 Å². The molecule has 0 aromatic rings. The van der Waals surface area contributed by atoms with Gasteiger partial charge in [0.25, 0.3) is 0 Å². The first-order chi connectivity index (χ1) is 2.94. The van der Waals surface area contributed by atoms with Crippen LogP contribution < -0.4 is 0 Å². The first-order valence-electron chi connectivity index (χ1n) is 1.74. The maximum Gasteiger partial charge on any atom is 0.204 e. The van der Waals surface area contributed by atoms with E-state index in [1.54, 1.807) is 0 Å². The summed E-state index contributed by atoms with van der Waals surface area (Å²) < 4.78 is 29.7. The van der Waals surface area contributed by atoms with Crippen molar-refractivity contribution in [2.24, 2.45) is 0 Å². The molecule has 0 fully saturated rings. The standard InChI is InChI=1S/C3H7FO2S/c1-3(2,4)7(5)6/h1-2H3,(H,5,6). The van der Waals surface area contributed by atoms with Gasteiger partial charge in [0.1, 0.15) is 0 Å². The Labute approximate surface area is 44.0 Å². The molecule has 0 aromatic heterocycles. The van der Waals surface area contributed by atoms with Crippen LogP contribution in [0.2, 0.25) is 0 Å². The van der Waals surface area contributed by atoms with Gasteiger partial charge >= 0.3 is 0 Å². The van der Waals surface area contributed by atoms with Crippen LogP contribution in [0.15, 0.2) is 0 Å². The van der Waals surface area contributed by atoms with Crippen LogP contribution in [0, 0.1) is 0 Å². The Hall–Kier alpha value is 0.0400. The SMILES string of the molecule is CC(C)(F)S(=O)O. The zero-order valence-corrected chi connectivity index (χ0v) is 4.96. The Balaban J connectivity index is 3.79. The van der Waals surface area contributed by atoms with Gasteiger partial charge in [-0.2, -0.15) is 0 Å². The maximum absolute atomic E-state index is 12.0. The predicted octanol–water partition coefficient (Wildman–Crippen LogP) is 0.914. The van der Waals surface area contributed by atoms with Crippen LogP contribution in [0.25, 0.3) is 0 Å². The highest BCUT2D eigenvalue weighted by Crippen LogP contribution is 2.10. The van der Waals surface area contributed by atoms with Gasteiger partial charge in [-0.3, -0.25) is 0 Å². The summed E-state index contributed by atoms with van der Waals surface area (Å²) >= 11 is -2.35. The molecular formula is C3H7FO2S. The third-order valence-corrected chi connectivity index (χ3v) is 1.25. The summed E-state index contributed by atoms with van der Waals surface area (Å²) in [4.78, 5) is 0. The van der Waals surface area contributed by atoms with Crippen molar-refractivity contribution in [3.63, 3.8) is 0 Å². The molecule has 4 heteroatoms. The van der Waals surface area contributed by atoms with Crippen molar-refractivity contribution in [1.29, 1.82) is 0 Å². The number of hydrogen-bond donors (Lipinski definition) is 1. The average Bonchev–Trinajstić information content (AvgIpc) is 1.31. The summed E-state index contributed by atoms with van der Waals surface area (Å²) in [6, 6.07) is 0. The minimum absolute atomic E-state index is 1.04. The molecule has 0 rings (SSSR count). The molecule has 0 amide bonds. The van der Waals surface area contributed by atoms with E-state index in [2.05, 4.69) is 0 Å². The molecule has 0 aromatic carbocycles. The smallest absolute Gasteiger partial charge is 0.204 e. The Morgan fingerprint density at radius 1 is 1.71 bits per heavy atom. The molecule has 0 saturated carbocycles. The van der Waals surface area contributed by atoms with E-state index in [0.29, 0.717) is 0 Å². The van der Waals surface area contributed by atoms with E-state index in [1.165, 1.54) is 0 Å². The Kier molecular flexibility index (Phi) is 1.89. The number of alkyl halides is 1. The molecule has 1 N–H and O–H groups in total. The molecule has 0 aliphatic carbocycles. The molecule has 0 aliphatic rings. The fourth-order valence-electron chi connectivity index (χ4n) is 0. The van der Waals surface area contributed by atoms with Gasteiger partial charge in [0.05, 0.1) is 0 Å². The van der Waals surface area contributed by atoms with Gasteiger partial charge in [-0.1, -0.05) is 0 Å². The molecule has 0 bridgehead atoms. The van der Waals surface area contributed by atoms with Crippen LogP contribution in [0.3, 0.4) is 0 Å². The molecule has 0 saturated heterocycles. The normalized spacial score (nSPS) is 16.6. The van der Waals surface area contributed by atoms with E-state index in [-0.39, 0.29) is 0 Å². The lowest BCUT2D eigenvalue weighted by molar-refractivity contribution is 0.313. The third-order valence-electron chi connectivity index (χ3n) is 0.415. The predicted molar refractivity (Wildman–Crippen MR) is 26.0 cm³/mol. The second-order valence-corrected chi connectivity index (χ2v) is 3.08. The first-order valence-corrected chi connectivity index (χ1v) is 2.85. The molecule has 2 nitrogen and oxygen atoms in total. The van der Waals surface area contributed by atoms with Gasteiger partial charge in [0, 0.05) is 0 Å². The van der Waals surface area contributed by atoms with E-state index >= 15 is 0 Å². The molecule has 0 radical (unpaired) electrons. The largest absolute Gasteiger partial charge is 0.304 e.